The first-order valence-electron chi connectivity index (χ1n) is 8.20. The molecule has 2 aromatic rings. The summed E-state index contributed by atoms with van der Waals surface area (Å²) in [7, 11) is 1.61. The van der Waals surface area contributed by atoms with Crippen molar-refractivity contribution in [3.8, 4) is 0 Å². The molecule has 0 radical (unpaired) electrons. The van der Waals surface area contributed by atoms with Gasteiger partial charge in [-0.3, -0.25) is 19.7 Å². The molecule has 8 heteroatoms. The number of aliphatic hydroxyl groups is 1. The maximum Gasteiger partial charge on any atom is 0.282 e. The summed E-state index contributed by atoms with van der Waals surface area (Å²) in [6.07, 6.45) is 0. The van der Waals surface area contributed by atoms with Gasteiger partial charge in [-0.15, -0.1) is 0 Å². The van der Waals surface area contributed by atoms with E-state index >= 15 is 0 Å². The van der Waals surface area contributed by atoms with Crippen LogP contribution < -0.4 is 4.90 Å². The normalized spacial score (nSPS) is 14.1. The predicted molar refractivity (Wildman–Crippen MR) is 98.7 cm³/mol. The maximum absolute atomic E-state index is 13.1. The van der Waals surface area contributed by atoms with Crippen molar-refractivity contribution in [2.75, 3.05) is 25.1 Å². The highest BCUT2D eigenvalue weighted by Gasteiger charge is 2.41. The van der Waals surface area contributed by atoms with E-state index in [1.54, 1.807) is 37.4 Å². The third kappa shape index (κ3) is 3.30. The fraction of sp³-hybridized carbons (Fsp3) is 0.158. The van der Waals surface area contributed by atoms with Gasteiger partial charge in [-0.2, -0.15) is 0 Å². The molecule has 2 aromatic carbocycles. The van der Waals surface area contributed by atoms with Crippen LogP contribution in [-0.2, 0) is 9.59 Å². The molecule has 0 aromatic heterocycles. The van der Waals surface area contributed by atoms with Gasteiger partial charge in [-0.25, -0.2) is 4.90 Å². The van der Waals surface area contributed by atoms with Gasteiger partial charge in [0.15, 0.2) is 0 Å². The molecule has 0 unspecified atom stereocenters. The third-order valence-corrected chi connectivity index (χ3v) is 4.26. The van der Waals surface area contributed by atoms with E-state index in [0.29, 0.717) is 11.3 Å². The first-order chi connectivity index (χ1) is 13.0. The van der Waals surface area contributed by atoms with Gasteiger partial charge in [-0.1, -0.05) is 18.2 Å². The number of imide groups is 1. The largest absolute Gasteiger partial charge is 0.395 e. The number of carbonyl (C=O) groups is 2. The average molecular weight is 367 g/mol. The van der Waals surface area contributed by atoms with Gasteiger partial charge in [-0.05, 0) is 29.8 Å². The van der Waals surface area contributed by atoms with Crippen molar-refractivity contribution in [2.45, 2.75) is 0 Å². The summed E-state index contributed by atoms with van der Waals surface area (Å²) in [5.74, 6) is -1.02. The van der Waals surface area contributed by atoms with Crippen molar-refractivity contribution in [1.82, 2.24) is 4.90 Å². The van der Waals surface area contributed by atoms with Crippen molar-refractivity contribution in [3.63, 3.8) is 0 Å². The summed E-state index contributed by atoms with van der Waals surface area (Å²) in [6.45, 7) is -0.0339. The van der Waals surface area contributed by atoms with E-state index in [1.165, 1.54) is 29.2 Å². The van der Waals surface area contributed by atoms with Gasteiger partial charge < -0.3 is 10.0 Å². The van der Waals surface area contributed by atoms with E-state index in [9.17, 15) is 24.8 Å². The van der Waals surface area contributed by atoms with Gasteiger partial charge in [0.1, 0.15) is 5.70 Å². The van der Waals surface area contributed by atoms with Crippen LogP contribution in [-0.4, -0.2) is 46.9 Å². The molecule has 0 fully saturated rings. The molecule has 0 atom stereocenters. The Morgan fingerprint density at radius 1 is 1.04 bits per heavy atom. The van der Waals surface area contributed by atoms with Gasteiger partial charge in [0.05, 0.1) is 22.8 Å². The minimum Gasteiger partial charge on any atom is -0.395 e. The number of aliphatic hydroxyl groups excluding tert-OH is 1. The van der Waals surface area contributed by atoms with Crippen LogP contribution in [0.1, 0.15) is 5.56 Å². The molecule has 0 saturated carbocycles. The molecular formula is C19H17N3O5. The summed E-state index contributed by atoms with van der Waals surface area (Å²) in [5.41, 5.74) is 1.01. The molecule has 27 heavy (non-hydrogen) atoms. The Morgan fingerprint density at radius 3 is 2.22 bits per heavy atom. The van der Waals surface area contributed by atoms with E-state index in [2.05, 4.69) is 0 Å². The second kappa shape index (κ2) is 7.38. The molecule has 138 valence electrons. The Balaban J connectivity index is 2.11. The van der Waals surface area contributed by atoms with Gasteiger partial charge in [0.2, 0.25) is 0 Å². The highest BCUT2D eigenvalue weighted by atomic mass is 16.6. The lowest BCUT2D eigenvalue weighted by molar-refractivity contribution is -0.384. The molecule has 1 heterocycles. The van der Waals surface area contributed by atoms with Crippen LogP contribution in [0.15, 0.2) is 60.3 Å². The summed E-state index contributed by atoms with van der Waals surface area (Å²) in [5, 5.41) is 20.1. The number of likely N-dealkylation sites (N-methyl/N-ethyl adjacent to an activating group) is 1. The quantitative estimate of drug-likeness (QED) is 0.474. The number of rotatable bonds is 6. The third-order valence-electron chi connectivity index (χ3n) is 4.26. The van der Waals surface area contributed by atoms with Crippen LogP contribution in [0.3, 0.4) is 0 Å². The monoisotopic (exact) mass is 367 g/mol. The number of hydrogen-bond donors (Lipinski definition) is 1. The van der Waals surface area contributed by atoms with Crippen molar-refractivity contribution >= 4 is 28.8 Å². The molecule has 0 spiro atoms. The number of para-hydroxylation sites is 1. The molecule has 2 amide bonds. The first kappa shape index (κ1) is 18.3. The lowest BCUT2D eigenvalue weighted by Crippen LogP contribution is -2.34. The van der Waals surface area contributed by atoms with E-state index in [-0.39, 0.29) is 30.1 Å². The minimum absolute atomic E-state index is 0.110. The van der Waals surface area contributed by atoms with Gasteiger partial charge in [0, 0.05) is 25.7 Å². The number of carbonyl (C=O) groups excluding carboxylic acids is 2. The Morgan fingerprint density at radius 2 is 1.67 bits per heavy atom. The number of anilines is 1. The molecule has 3 rings (SSSR count). The Hall–Kier alpha value is -3.52. The first-order valence-corrected chi connectivity index (χ1v) is 8.20. The van der Waals surface area contributed by atoms with Crippen molar-refractivity contribution < 1.29 is 19.6 Å². The maximum atomic E-state index is 13.1. The smallest absolute Gasteiger partial charge is 0.282 e. The van der Waals surface area contributed by atoms with Crippen molar-refractivity contribution in [1.29, 1.82) is 0 Å². The summed E-state index contributed by atoms with van der Waals surface area (Å²) in [4.78, 5) is 39.0. The Labute approximate surface area is 155 Å². The van der Waals surface area contributed by atoms with Crippen LogP contribution >= 0.6 is 0 Å². The second-order valence-electron chi connectivity index (χ2n) is 5.95. The molecule has 0 aliphatic carbocycles. The standard InChI is InChI=1S/C19H17N3O5/c1-20(11-12-23)17-16(13-7-9-15(10-8-13)22(26)27)18(24)21(19(17)25)14-5-3-2-4-6-14/h2-10,23H,11-12H2,1H3. The fourth-order valence-corrected chi connectivity index (χ4v) is 2.96. The molecule has 8 nitrogen and oxygen atoms in total. The zero-order valence-electron chi connectivity index (χ0n) is 14.5. The number of benzene rings is 2. The number of nitro groups is 1. The average Bonchev–Trinajstić information content (AvgIpc) is 2.93. The topological polar surface area (TPSA) is 104 Å². The number of hydrogen-bond acceptors (Lipinski definition) is 6. The van der Waals surface area contributed by atoms with Gasteiger partial charge in [0.25, 0.3) is 17.5 Å². The van der Waals surface area contributed by atoms with Gasteiger partial charge >= 0.3 is 0 Å². The molecule has 1 N–H and O–H groups in total. The SMILES string of the molecule is CN(CCO)C1=C(c2ccc([N+](=O)[O-])cc2)C(=O)N(c2ccccc2)C1=O. The van der Waals surface area contributed by atoms with E-state index in [4.69, 9.17) is 0 Å². The lowest BCUT2D eigenvalue weighted by atomic mass is 10.0. The number of non-ortho nitro benzene ring substituents is 1. The minimum atomic E-state index is -0.533. The number of nitro benzene ring substituents is 1. The zero-order chi connectivity index (χ0) is 19.6. The van der Waals surface area contributed by atoms with Crippen LogP contribution in [0.2, 0.25) is 0 Å². The summed E-state index contributed by atoms with van der Waals surface area (Å²) < 4.78 is 0. The fourth-order valence-electron chi connectivity index (χ4n) is 2.96. The Bertz CT molecular complexity index is 922. The number of amides is 2. The van der Waals surface area contributed by atoms with Crippen LogP contribution in [0.25, 0.3) is 5.57 Å². The van der Waals surface area contributed by atoms with E-state index in [1.807, 2.05) is 0 Å². The highest BCUT2D eigenvalue weighted by molar-refractivity contribution is 6.45. The molecule has 0 bridgehead atoms. The van der Waals surface area contributed by atoms with E-state index < -0.39 is 16.7 Å². The van der Waals surface area contributed by atoms with Crippen LogP contribution in [0.4, 0.5) is 11.4 Å². The molecule has 0 saturated heterocycles. The predicted octanol–water partition coefficient (Wildman–Crippen LogP) is 1.80. The zero-order valence-corrected chi connectivity index (χ0v) is 14.5. The van der Waals surface area contributed by atoms with Crippen LogP contribution in [0, 0.1) is 10.1 Å². The molecule has 1 aliphatic heterocycles. The Kier molecular flexibility index (Phi) is 5.00. The lowest BCUT2D eigenvalue weighted by Gasteiger charge is -2.20. The van der Waals surface area contributed by atoms with E-state index in [0.717, 1.165) is 4.90 Å². The molecular weight excluding hydrogens is 350 g/mol. The highest BCUT2D eigenvalue weighted by Crippen LogP contribution is 2.34. The van der Waals surface area contributed by atoms with Crippen LogP contribution in [0.5, 0.6) is 0 Å². The summed E-state index contributed by atoms with van der Waals surface area (Å²) in [6, 6.07) is 14.0. The summed E-state index contributed by atoms with van der Waals surface area (Å²) >= 11 is 0. The molecule has 1 aliphatic rings. The van der Waals surface area contributed by atoms with Crippen molar-refractivity contribution in [3.05, 3.63) is 76.0 Å². The van der Waals surface area contributed by atoms with Crippen molar-refractivity contribution in [2.24, 2.45) is 0 Å². The number of nitrogens with zero attached hydrogens (tertiary/aromatic N) is 3. The second-order valence-corrected chi connectivity index (χ2v) is 5.95.